The van der Waals surface area contributed by atoms with Crippen molar-refractivity contribution >= 4 is 29.1 Å². The number of fused-ring (bicyclic) bond motifs is 2. The second-order valence-electron chi connectivity index (χ2n) is 9.82. The second-order valence-corrected chi connectivity index (χ2v) is 10.3. The lowest BCUT2D eigenvalue weighted by Gasteiger charge is -2.24. The van der Waals surface area contributed by atoms with Crippen molar-refractivity contribution < 1.29 is 28.5 Å². The number of anilines is 1. The molecule has 0 unspecified atom stereocenters. The number of rotatable bonds is 5. The summed E-state index contributed by atoms with van der Waals surface area (Å²) in [5, 5.41) is 3.28. The minimum atomic E-state index is -0.405. The number of para-hydroxylation sites is 3. The Morgan fingerprint density at radius 3 is 2.54 bits per heavy atom. The Bertz CT molecular complexity index is 1350. The maximum absolute atomic E-state index is 13.8. The van der Waals surface area contributed by atoms with Crippen molar-refractivity contribution in [2.24, 2.45) is 0 Å². The fourth-order valence-corrected chi connectivity index (χ4v) is 4.97. The van der Waals surface area contributed by atoms with Crippen LogP contribution in [0.5, 0.6) is 23.0 Å². The lowest BCUT2D eigenvalue weighted by Crippen LogP contribution is -2.40. The highest BCUT2D eigenvalue weighted by Gasteiger charge is 2.23. The Morgan fingerprint density at radius 1 is 0.902 bits per heavy atom. The van der Waals surface area contributed by atoms with Gasteiger partial charge in [0.25, 0.3) is 5.91 Å². The van der Waals surface area contributed by atoms with Gasteiger partial charge in [-0.25, -0.2) is 0 Å². The third kappa shape index (κ3) is 7.91. The Kier molecular flexibility index (Phi) is 9.96. The summed E-state index contributed by atoms with van der Waals surface area (Å²) in [6.07, 6.45) is 2.41. The number of ether oxygens (including phenoxy) is 4. The minimum Gasteiger partial charge on any atom is -0.491 e. The summed E-state index contributed by atoms with van der Waals surface area (Å²) in [6, 6.07) is 19.3. The van der Waals surface area contributed by atoms with Crippen molar-refractivity contribution in [1.29, 1.82) is 0 Å². The number of nitrogens with zero attached hydrogens (tertiary/aromatic N) is 2. The van der Waals surface area contributed by atoms with E-state index in [1.165, 1.54) is 17.7 Å². The number of carbonyl (C=O) groups excluding carboxylic acids is 2. The zero-order valence-electron chi connectivity index (χ0n) is 22.9. The van der Waals surface area contributed by atoms with E-state index in [0.717, 1.165) is 19.6 Å². The zero-order valence-corrected chi connectivity index (χ0v) is 23.6. The van der Waals surface area contributed by atoms with Crippen molar-refractivity contribution in [3.63, 3.8) is 0 Å². The van der Waals surface area contributed by atoms with Gasteiger partial charge in [0.05, 0.1) is 24.5 Å². The summed E-state index contributed by atoms with van der Waals surface area (Å²) in [5.74, 6) is 1.17. The van der Waals surface area contributed by atoms with Crippen LogP contribution in [-0.2, 0) is 9.53 Å². The van der Waals surface area contributed by atoms with E-state index in [2.05, 4.69) is 10.2 Å². The van der Waals surface area contributed by atoms with Gasteiger partial charge in [-0.15, -0.1) is 0 Å². The molecule has 2 heterocycles. The smallest absolute Gasteiger partial charge is 0.258 e. The first-order valence-corrected chi connectivity index (χ1v) is 14.2. The van der Waals surface area contributed by atoms with Crippen LogP contribution in [0.1, 0.15) is 23.2 Å². The molecule has 2 aliphatic rings. The highest BCUT2D eigenvalue weighted by Crippen LogP contribution is 2.36. The van der Waals surface area contributed by atoms with Crippen LogP contribution < -0.4 is 19.5 Å². The minimum absolute atomic E-state index is 0.198. The second kappa shape index (κ2) is 14.2. The molecule has 0 aromatic heterocycles. The maximum atomic E-state index is 13.8. The van der Waals surface area contributed by atoms with Gasteiger partial charge in [0.1, 0.15) is 25.5 Å². The quantitative estimate of drug-likeness (QED) is 0.450. The molecule has 1 fully saturated rings. The SMILES string of the molecule is O=C1CN(C(=O)c2ccccc2OCCN2CCCC2)CCOCCOc2ccccc2Oc2ccc(Cl)cc2N1. The molecule has 3 aromatic carbocycles. The van der Waals surface area contributed by atoms with E-state index in [0.29, 0.717) is 52.5 Å². The summed E-state index contributed by atoms with van der Waals surface area (Å²) in [7, 11) is 0. The summed E-state index contributed by atoms with van der Waals surface area (Å²) in [4.78, 5) is 30.9. The molecule has 2 amide bonds. The van der Waals surface area contributed by atoms with E-state index in [1.807, 2.05) is 18.2 Å². The molecule has 0 spiro atoms. The van der Waals surface area contributed by atoms with Crippen molar-refractivity contribution in [2.45, 2.75) is 12.8 Å². The molecule has 41 heavy (non-hydrogen) atoms. The standard InChI is InChI=1S/C31H34ClN3O6/c32-23-11-12-27-25(21-23)33-30(36)22-35(16-17-38-19-20-40-28-9-3-4-10-29(28)41-27)31(37)24-7-1-2-8-26(24)39-18-15-34-13-5-6-14-34/h1-4,7-12,21H,5-6,13-20,22H2,(H,33,36). The molecule has 0 bridgehead atoms. The predicted molar refractivity (Wildman–Crippen MR) is 156 cm³/mol. The summed E-state index contributed by atoms with van der Waals surface area (Å²) >= 11 is 6.25. The molecular weight excluding hydrogens is 546 g/mol. The Balaban J connectivity index is 1.34. The molecule has 0 atom stereocenters. The largest absolute Gasteiger partial charge is 0.491 e. The van der Waals surface area contributed by atoms with Crippen LogP contribution >= 0.6 is 11.6 Å². The summed E-state index contributed by atoms with van der Waals surface area (Å²) < 4.78 is 23.8. The van der Waals surface area contributed by atoms with Crippen molar-refractivity contribution in [2.75, 3.05) is 64.5 Å². The van der Waals surface area contributed by atoms with Gasteiger partial charge in [0.2, 0.25) is 5.91 Å². The summed E-state index contributed by atoms with van der Waals surface area (Å²) in [6.45, 7) is 4.23. The van der Waals surface area contributed by atoms with Crippen LogP contribution in [0.3, 0.4) is 0 Å². The number of halogens is 1. The molecule has 10 heteroatoms. The first-order chi connectivity index (χ1) is 20.1. The highest BCUT2D eigenvalue weighted by molar-refractivity contribution is 6.31. The zero-order chi connectivity index (χ0) is 28.4. The van der Waals surface area contributed by atoms with Crippen molar-refractivity contribution in [3.8, 4) is 23.0 Å². The first-order valence-electron chi connectivity index (χ1n) is 13.9. The average molecular weight is 580 g/mol. The number of nitrogens with one attached hydrogen (secondary N) is 1. The molecule has 3 aromatic rings. The number of carbonyl (C=O) groups is 2. The van der Waals surface area contributed by atoms with Gasteiger partial charge in [-0.3, -0.25) is 14.5 Å². The van der Waals surface area contributed by atoms with Crippen LogP contribution in [0.25, 0.3) is 0 Å². The van der Waals surface area contributed by atoms with Crippen LogP contribution in [0.4, 0.5) is 5.69 Å². The van der Waals surface area contributed by atoms with Crippen LogP contribution in [0.2, 0.25) is 5.02 Å². The van der Waals surface area contributed by atoms with Gasteiger partial charge in [0, 0.05) is 18.1 Å². The third-order valence-electron chi connectivity index (χ3n) is 6.88. The molecule has 1 saturated heterocycles. The summed E-state index contributed by atoms with van der Waals surface area (Å²) in [5.41, 5.74) is 0.770. The van der Waals surface area contributed by atoms with E-state index in [-0.39, 0.29) is 32.2 Å². The topological polar surface area (TPSA) is 89.6 Å². The lowest BCUT2D eigenvalue weighted by molar-refractivity contribution is -0.117. The normalized spacial score (nSPS) is 16.7. The van der Waals surface area contributed by atoms with Crippen molar-refractivity contribution in [1.82, 2.24) is 9.80 Å². The molecule has 9 nitrogen and oxygen atoms in total. The van der Waals surface area contributed by atoms with E-state index in [1.54, 1.807) is 48.5 Å². The highest BCUT2D eigenvalue weighted by atomic mass is 35.5. The number of benzene rings is 3. The van der Waals surface area contributed by atoms with Crippen LogP contribution in [-0.4, -0.2) is 80.8 Å². The van der Waals surface area contributed by atoms with Crippen LogP contribution in [0, 0.1) is 0 Å². The molecule has 1 N–H and O–H groups in total. The van der Waals surface area contributed by atoms with E-state index in [9.17, 15) is 9.59 Å². The molecule has 5 rings (SSSR count). The van der Waals surface area contributed by atoms with Gasteiger partial charge < -0.3 is 29.2 Å². The monoisotopic (exact) mass is 579 g/mol. The van der Waals surface area contributed by atoms with E-state index < -0.39 is 5.91 Å². The molecular formula is C31H34ClN3O6. The molecule has 0 aliphatic carbocycles. The maximum Gasteiger partial charge on any atom is 0.258 e. The number of likely N-dealkylation sites (tertiary alicyclic amines) is 1. The van der Waals surface area contributed by atoms with Gasteiger partial charge in [0.15, 0.2) is 17.2 Å². The van der Waals surface area contributed by atoms with Gasteiger partial charge in [-0.2, -0.15) is 0 Å². The molecule has 216 valence electrons. The molecule has 0 radical (unpaired) electrons. The van der Waals surface area contributed by atoms with E-state index >= 15 is 0 Å². The number of hydrogen-bond donors (Lipinski definition) is 1. The molecule has 0 saturated carbocycles. The fraction of sp³-hybridized carbons (Fsp3) is 0.355. The number of hydrogen-bond acceptors (Lipinski definition) is 7. The predicted octanol–water partition coefficient (Wildman–Crippen LogP) is 5.10. The lowest BCUT2D eigenvalue weighted by atomic mass is 10.1. The Labute approximate surface area is 244 Å². The first kappa shape index (κ1) is 28.7. The Hall–Kier alpha value is -3.79. The average Bonchev–Trinajstić information content (AvgIpc) is 3.49. The van der Waals surface area contributed by atoms with Crippen molar-refractivity contribution in [3.05, 3.63) is 77.3 Å². The van der Waals surface area contributed by atoms with Gasteiger partial charge in [-0.1, -0.05) is 35.9 Å². The molecule has 2 aliphatic heterocycles. The van der Waals surface area contributed by atoms with Crippen LogP contribution in [0.15, 0.2) is 66.7 Å². The van der Waals surface area contributed by atoms with Gasteiger partial charge in [-0.05, 0) is 68.4 Å². The van der Waals surface area contributed by atoms with E-state index in [4.69, 9.17) is 30.5 Å². The Morgan fingerprint density at radius 2 is 1.68 bits per heavy atom. The fourth-order valence-electron chi connectivity index (χ4n) is 4.79. The number of amides is 2. The van der Waals surface area contributed by atoms with Gasteiger partial charge >= 0.3 is 0 Å². The third-order valence-corrected chi connectivity index (χ3v) is 7.11.